The van der Waals surface area contributed by atoms with Crippen molar-refractivity contribution in [1.29, 1.82) is 0 Å². The van der Waals surface area contributed by atoms with Crippen LogP contribution in [0.1, 0.15) is 38.5 Å². The van der Waals surface area contributed by atoms with Gasteiger partial charge in [-0.05, 0) is 31.0 Å². The zero-order chi connectivity index (χ0) is 9.97. The molecule has 1 heterocycles. The Kier molecular flexibility index (Phi) is 3.01. The molecular weight excluding hydrogens is 196 g/mol. The predicted octanol–water partition coefficient (Wildman–Crippen LogP) is 1.33. The molecule has 0 bridgehead atoms. The average Bonchev–Trinajstić information content (AvgIpc) is 2.43. The summed E-state index contributed by atoms with van der Waals surface area (Å²) in [4.78, 5) is 11.5. The van der Waals surface area contributed by atoms with Gasteiger partial charge in [-0.3, -0.25) is 4.79 Å². The van der Waals surface area contributed by atoms with Crippen molar-refractivity contribution in [2.24, 2.45) is 5.92 Å². The zero-order valence-electron chi connectivity index (χ0n) is 8.21. The van der Waals surface area contributed by atoms with Gasteiger partial charge in [0.1, 0.15) is 6.04 Å². The van der Waals surface area contributed by atoms with E-state index >= 15 is 0 Å². The minimum Gasteiger partial charge on any atom is -0.350 e. The molecule has 2 rings (SSSR count). The van der Waals surface area contributed by atoms with E-state index in [0.29, 0.717) is 11.0 Å². The monoisotopic (exact) mass is 212 g/mol. The third-order valence-electron chi connectivity index (χ3n) is 3.18. The van der Waals surface area contributed by atoms with Crippen LogP contribution in [0.4, 0.5) is 0 Å². The van der Waals surface area contributed by atoms with Gasteiger partial charge in [0.05, 0.1) is 0 Å². The van der Waals surface area contributed by atoms with Gasteiger partial charge < -0.3 is 10.6 Å². The van der Waals surface area contributed by atoms with Gasteiger partial charge >= 0.3 is 0 Å². The van der Waals surface area contributed by atoms with Crippen molar-refractivity contribution in [2.75, 3.05) is 0 Å². The molecule has 1 amide bonds. The van der Waals surface area contributed by atoms with Crippen LogP contribution in [-0.4, -0.2) is 17.1 Å². The first-order valence-corrected chi connectivity index (χ1v) is 5.79. The predicted molar refractivity (Wildman–Crippen MR) is 58.9 cm³/mol. The third-order valence-corrected chi connectivity index (χ3v) is 3.40. The Hall–Kier alpha value is -0.640. The second kappa shape index (κ2) is 4.26. The molecule has 78 valence electrons. The van der Waals surface area contributed by atoms with Crippen LogP contribution in [0.3, 0.4) is 0 Å². The number of nitrogens with one attached hydrogen (secondary N) is 2. The van der Waals surface area contributed by atoms with Crippen molar-refractivity contribution in [2.45, 2.75) is 44.6 Å². The fourth-order valence-electron chi connectivity index (χ4n) is 2.41. The summed E-state index contributed by atoms with van der Waals surface area (Å²) in [6.45, 7) is 0. The maximum absolute atomic E-state index is 11.5. The Balaban J connectivity index is 1.98. The van der Waals surface area contributed by atoms with Gasteiger partial charge in [0.2, 0.25) is 5.91 Å². The van der Waals surface area contributed by atoms with Crippen LogP contribution in [-0.2, 0) is 4.79 Å². The van der Waals surface area contributed by atoms with Gasteiger partial charge in [-0.15, -0.1) is 0 Å². The quantitative estimate of drug-likeness (QED) is 0.509. The molecule has 1 saturated heterocycles. The second-order valence-electron chi connectivity index (χ2n) is 4.19. The fraction of sp³-hybridized carbons (Fsp3) is 0.800. The molecule has 1 unspecified atom stereocenters. The Morgan fingerprint density at radius 3 is 2.29 bits per heavy atom. The normalized spacial score (nSPS) is 29.6. The fourth-order valence-corrected chi connectivity index (χ4v) is 2.64. The molecule has 4 heteroatoms. The van der Waals surface area contributed by atoms with E-state index in [1.807, 2.05) is 0 Å². The molecule has 0 aromatic rings. The molecule has 2 aliphatic rings. The molecule has 0 spiro atoms. The van der Waals surface area contributed by atoms with Crippen molar-refractivity contribution in [3.63, 3.8) is 0 Å². The van der Waals surface area contributed by atoms with Gasteiger partial charge in [-0.2, -0.15) is 0 Å². The van der Waals surface area contributed by atoms with Crippen LogP contribution >= 0.6 is 12.2 Å². The van der Waals surface area contributed by atoms with Crippen molar-refractivity contribution < 1.29 is 4.79 Å². The van der Waals surface area contributed by atoms with Crippen LogP contribution in [0.5, 0.6) is 0 Å². The number of hydrogen-bond acceptors (Lipinski definition) is 2. The second-order valence-corrected chi connectivity index (χ2v) is 4.60. The molecule has 2 N–H and O–H groups in total. The number of carbonyl (C=O) groups is 1. The zero-order valence-corrected chi connectivity index (χ0v) is 9.03. The molecule has 1 aliphatic heterocycles. The maximum Gasteiger partial charge on any atom is 0.248 e. The lowest BCUT2D eigenvalue weighted by atomic mass is 9.92. The highest BCUT2D eigenvalue weighted by atomic mass is 32.1. The summed E-state index contributed by atoms with van der Waals surface area (Å²) < 4.78 is 0. The van der Waals surface area contributed by atoms with Crippen LogP contribution < -0.4 is 10.6 Å². The first-order chi connectivity index (χ1) is 6.77. The summed E-state index contributed by atoms with van der Waals surface area (Å²) in [7, 11) is 0. The van der Waals surface area contributed by atoms with Crippen LogP contribution in [0.2, 0.25) is 0 Å². The number of rotatable bonds is 1. The number of amides is 1. The SMILES string of the molecule is O=C1NC(=S)NC1C1CCCCCC1. The lowest BCUT2D eigenvalue weighted by Gasteiger charge is -2.19. The van der Waals surface area contributed by atoms with Crippen LogP contribution in [0.15, 0.2) is 0 Å². The van der Waals surface area contributed by atoms with Crippen molar-refractivity contribution in [3.05, 3.63) is 0 Å². The van der Waals surface area contributed by atoms with E-state index in [-0.39, 0.29) is 11.9 Å². The summed E-state index contributed by atoms with van der Waals surface area (Å²) in [6, 6.07) is -0.0550. The highest BCUT2D eigenvalue weighted by Gasteiger charge is 2.34. The number of thiocarbonyl (C=S) groups is 1. The van der Waals surface area contributed by atoms with Crippen molar-refractivity contribution in [1.82, 2.24) is 10.6 Å². The molecule has 0 aromatic carbocycles. The molecule has 2 fully saturated rings. The van der Waals surface area contributed by atoms with Crippen LogP contribution in [0, 0.1) is 5.92 Å². The lowest BCUT2D eigenvalue weighted by Crippen LogP contribution is -2.36. The highest BCUT2D eigenvalue weighted by molar-refractivity contribution is 7.80. The van der Waals surface area contributed by atoms with Gasteiger partial charge in [-0.25, -0.2) is 0 Å². The van der Waals surface area contributed by atoms with E-state index in [4.69, 9.17) is 12.2 Å². The first-order valence-electron chi connectivity index (χ1n) is 5.39. The maximum atomic E-state index is 11.5. The van der Waals surface area contributed by atoms with E-state index < -0.39 is 0 Å². The summed E-state index contributed by atoms with van der Waals surface area (Å²) in [5, 5.41) is 6.24. The van der Waals surface area contributed by atoms with Gasteiger partial charge in [-0.1, -0.05) is 25.7 Å². The molecule has 1 aliphatic carbocycles. The molecule has 0 radical (unpaired) electrons. The molecule has 3 nitrogen and oxygen atoms in total. The topological polar surface area (TPSA) is 41.1 Å². The lowest BCUT2D eigenvalue weighted by molar-refractivity contribution is -0.121. The van der Waals surface area contributed by atoms with E-state index in [2.05, 4.69) is 10.6 Å². The summed E-state index contributed by atoms with van der Waals surface area (Å²) in [6.07, 6.45) is 7.46. The Morgan fingerprint density at radius 2 is 1.79 bits per heavy atom. The van der Waals surface area contributed by atoms with Crippen molar-refractivity contribution in [3.8, 4) is 0 Å². The summed E-state index contributed by atoms with van der Waals surface area (Å²) in [5.41, 5.74) is 0. The smallest absolute Gasteiger partial charge is 0.248 e. The Bertz CT molecular complexity index is 247. The van der Waals surface area contributed by atoms with E-state index in [1.54, 1.807) is 0 Å². The first kappa shape index (κ1) is 9.90. The van der Waals surface area contributed by atoms with Gasteiger partial charge in [0.25, 0.3) is 0 Å². The number of carbonyl (C=O) groups excluding carboxylic acids is 1. The minimum absolute atomic E-state index is 0.0550. The Labute approximate surface area is 89.6 Å². The molecule has 14 heavy (non-hydrogen) atoms. The van der Waals surface area contributed by atoms with E-state index in [1.165, 1.54) is 25.7 Å². The molecule has 1 atom stereocenters. The van der Waals surface area contributed by atoms with Gasteiger partial charge in [0.15, 0.2) is 5.11 Å². The summed E-state index contributed by atoms with van der Waals surface area (Å²) in [5.74, 6) is 0.555. The molecule has 1 saturated carbocycles. The third kappa shape index (κ3) is 2.05. The molecular formula is C10H16N2OS. The van der Waals surface area contributed by atoms with Crippen LogP contribution in [0.25, 0.3) is 0 Å². The number of hydrogen-bond donors (Lipinski definition) is 2. The highest BCUT2D eigenvalue weighted by Crippen LogP contribution is 2.26. The molecule has 0 aromatic heterocycles. The standard InChI is InChI=1S/C10H16N2OS/c13-9-8(11-10(14)12-9)7-5-3-1-2-4-6-7/h7-8H,1-6H2,(H2,11,12,13,14). The summed E-state index contributed by atoms with van der Waals surface area (Å²) >= 11 is 4.93. The Morgan fingerprint density at radius 1 is 1.14 bits per heavy atom. The van der Waals surface area contributed by atoms with Crippen molar-refractivity contribution >= 4 is 23.2 Å². The minimum atomic E-state index is -0.0550. The van der Waals surface area contributed by atoms with Gasteiger partial charge in [0, 0.05) is 0 Å². The largest absolute Gasteiger partial charge is 0.350 e. The average molecular weight is 212 g/mol. The van der Waals surface area contributed by atoms with E-state index in [0.717, 1.165) is 12.8 Å². The van der Waals surface area contributed by atoms with E-state index in [9.17, 15) is 4.79 Å².